The SMILES string of the molecule is N[C@@H](Cc1ccccc1)C(=O)N[C@@H](Cc1ccccc1)[C](=O)[Cu]. The van der Waals surface area contributed by atoms with Crippen LogP contribution in [0.25, 0.3) is 0 Å². The number of amides is 1. The normalized spacial score (nSPS) is 13.2. The van der Waals surface area contributed by atoms with E-state index in [2.05, 4.69) is 5.32 Å². The minimum atomic E-state index is -0.744. The molecule has 2 rings (SSSR count). The van der Waals surface area contributed by atoms with Crippen molar-refractivity contribution in [3.8, 4) is 0 Å². The van der Waals surface area contributed by atoms with Gasteiger partial charge in [0.1, 0.15) is 0 Å². The van der Waals surface area contributed by atoms with Crippen LogP contribution in [0.15, 0.2) is 60.7 Å². The Kier molecular flexibility index (Phi) is 6.53. The molecule has 0 aliphatic rings. The van der Waals surface area contributed by atoms with E-state index in [1.165, 1.54) is 0 Å². The van der Waals surface area contributed by atoms with Gasteiger partial charge >= 0.3 is 144 Å². The Bertz CT molecular complexity index is 647. The molecule has 1 amide bonds. The molecule has 4 nitrogen and oxygen atoms in total. The van der Waals surface area contributed by atoms with Gasteiger partial charge in [0.25, 0.3) is 0 Å². The Hall–Kier alpha value is -1.94. The number of nitrogens with one attached hydrogen (secondary N) is 1. The number of hydrogen-bond donors (Lipinski definition) is 2. The van der Waals surface area contributed by atoms with E-state index >= 15 is 0 Å². The van der Waals surface area contributed by atoms with Crippen LogP contribution in [0.2, 0.25) is 0 Å². The van der Waals surface area contributed by atoms with Gasteiger partial charge in [-0.2, -0.15) is 0 Å². The van der Waals surface area contributed by atoms with Gasteiger partial charge in [-0.25, -0.2) is 0 Å². The molecule has 23 heavy (non-hydrogen) atoms. The van der Waals surface area contributed by atoms with Gasteiger partial charge in [-0.1, -0.05) is 0 Å². The van der Waals surface area contributed by atoms with Crippen molar-refractivity contribution in [1.82, 2.24) is 5.32 Å². The molecule has 0 fully saturated rings. The van der Waals surface area contributed by atoms with E-state index in [9.17, 15) is 9.59 Å². The molecular weight excluding hydrogens is 340 g/mol. The fourth-order valence-corrected chi connectivity index (χ4v) is 2.43. The van der Waals surface area contributed by atoms with Crippen molar-refractivity contribution in [2.45, 2.75) is 24.9 Å². The van der Waals surface area contributed by atoms with Crippen LogP contribution in [0.5, 0.6) is 0 Å². The summed E-state index contributed by atoms with van der Waals surface area (Å²) in [4.78, 5) is 23.8. The van der Waals surface area contributed by atoms with E-state index in [0.717, 1.165) is 11.1 Å². The second-order valence-electron chi connectivity index (χ2n) is 5.31. The number of rotatable bonds is 7. The summed E-state index contributed by atoms with van der Waals surface area (Å²) in [5.41, 5.74) is 7.84. The van der Waals surface area contributed by atoms with Crippen LogP contribution in [0, 0.1) is 0 Å². The average molecular weight is 359 g/mol. The number of hydrogen-bond acceptors (Lipinski definition) is 3. The first-order valence-corrected chi connectivity index (χ1v) is 7.82. The number of benzene rings is 2. The van der Waals surface area contributed by atoms with Crippen LogP contribution in [0.4, 0.5) is 0 Å². The van der Waals surface area contributed by atoms with Crippen molar-refractivity contribution < 1.29 is 25.6 Å². The summed E-state index contributed by atoms with van der Waals surface area (Å²) in [6.45, 7) is 0. The fraction of sp³-hybridized carbons (Fsp3) is 0.222. The van der Waals surface area contributed by atoms with E-state index in [0.29, 0.717) is 12.8 Å². The van der Waals surface area contributed by atoms with Crippen molar-refractivity contribution in [1.29, 1.82) is 0 Å². The zero-order chi connectivity index (χ0) is 16.7. The molecule has 0 aromatic heterocycles. The second-order valence-corrected chi connectivity index (χ2v) is 5.78. The van der Waals surface area contributed by atoms with E-state index in [4.69, 9.17) is 21.7 Å². The van der Waals surface area contributed by atoms with Gasteiger partial charge in [0.2, 0.25) is 0 Å². The first-order valence-electron chi connectivity index (χ1n) is 7.35. The Balaban J connectivity index is 1.96. The van der Waals surface area contributed by atoms with Gasteiger partial charge in [-0.15, -0.1) is 0 Å². The predicted molar refractivity (Wildman–Crippen MR) is 85.2 cm³/mol. The standard InChI is InChI=1S/C18H19N2O2.Cu/c19-17(12-15-9-5-2-6-10-15)18(22)20-16(13-21)11-14-7-3-1-4-8-14;/h1-10,16-17H,11-12,19H2,(H,20,22);/t16-,17-;/m0./s1. The Labute approximate surface area is 144 Å². The topological polar surface area (TPSA) is 72.2 Å². The summed E-state index contributed by atoms with van der Waals surface area (Å²) in [6.07, 6.45) is 0.774. The summed E-state index contributed by atoms with van der Waals surface area (Å²) in [6, 6.07) is 17.5. The monoisotopic (exact) mass is 358 g/mol. The molecule has 2 aromatic carbocycles. The van der Waals surface area contributed by atoms with Gasteiger partial charge in [-0.05, 0) is 0 Å². The maximum absolute atomic E-state index is 12.2. The molecular formula is C18H19CuN2O2. The summed E-state index contributed by atoms with van der Waals surface area (Å²) in [7, 11) is 0. The van der Waals surface area contributed by atoms with E-state index < -0.39 is 16.8 Å². The number of carbonyl (C=O) groups excluding carboxylic acids is 2. The quantitative estimate of drug-likeness (QED) is 0.734. The van der Waals surface area contributed by atoms with Gasteiger partial charge < -0.3 is 0 Å². The Morgan fingerprint density at radius 1 is 0.913 bits per heavy atom. The molecule has 124 valence electrons. The van der Waals surface area contributed by atoms with Crippen molar-refractivity contribution in [3.05, 3.63) is 71.8 Å². The van der Waals surface area contributed by atoms with Crippen molar-refractivity contribution in [2.75, 3.05) is 0 Å². The van der Waals surface area contributed by atoms with Gasteiger partial charge in [0, 0.05) is 0 Å². The third-order valence-corrected chi connectivity index (χ3v) is 3.81. The third-order valence-electron chi connectivity index (χ3n) is 3.48. The Morgan fingerprint density at radius 2 is 1.39 bits per heavy atom. The number of carbonyl (C=O) groups is 2. The van der Waals surface area contributed by atoms with Crippen LogP contribution in [0.3, 0.4) is 0 Å². The molecule has 2 atom stereocenters. The fourth-order valence-electron chi connectivity index (χ4n) is 2.26. The van der Waals surface area contributed by atoms with Gasteiger partial charge in [-0.3, -0.25) is 0 Å². The molecule has 0 bridgehead atoms. The molecule has 0 aliphatic heterocycles. The average Bonchev–Trinajstić information content (AvgIpc) is 2.56. The van der Waals surface area contributed by atoms with Gasteiger partial charge in [0.05, 0.1) is 0 Å². The Morgan fingerprint density at radius 3 is 1.87 bits per heavy atom. The van der Waals surface area contributed by atoms with E-state index in [1.54, 1.807) is 0 Å². The molecule has 0 unspecified atom stereocenters. The van der Waals surface area contributed by atoms with Crippen molar-refractivity contribution in [3.63, 3.8) is 0 Å². The van der Waals surface area contributed by atoms with Crippen LogP contribution < -0.4 is 11.1 Å². The van der Waals surface area contributed by atoms with Crippen molar-refractivity contribution in [2.24, 2.45) is 5.73 Å². The molecule has 2 aromatic rings. The zero-order valence-electron chi connectivity index (χ0n) is 12.5. The molecule has 3 N–H and O–H groups in total. The van der Waals surface area contributed by atoms with Crippen LogP contribution in [0.1, 0.15) is 11.1 Å². The van der Waals surface area contributed by atoms with Crippen LogP contribution in [-0.4, -0.2) is 22.7 Å². The molecule has 0 heterocycles. The zero-order valence-corrected chi connectivity index (χ0v) is 13.5. The first kappa shape index (κ1) is 17.4. The van der Waals surface area contributed by atoms with Crippen LogP contribution in [-0.2, 0) is 38.4 Å². The van der Waals surface area contributed by atoms with E-state index in [1.807, 2.05) is 60.7 Å². The molecule has 0 radical (unpaired) electrons. The molecule has 0 saturated carbocycles. The molecule has 0 aliphatic carbocycles. The number of nitrogens with two attached hydrogens (primary N) is 1. The predicted octanol–water partition coefficient (Wildman–Crippen LogP) is 1.36. The third kappa shape index (κ3) is 5.64. The molecule has 5 heteroatoms. The van der Waals surface area contributed by atoms with Gasteiger partial charge in [0.15, 0.2) is 0 Å². The summed E-state index contributed by atoms with van der Waals surface area (Å²) in [5.74, 6) is -0.371. The van der Waals surface area contributed by atoms with Crippen molar-refractivity contribution >= 4 is 10.6 Å². The second kappa shape index (κ2) is 8.63. The summed E-state index contributed by atoms with van der Waals surface area (Å²) in [5, 5.41) is 2.66. The molecule has 0 saturated heterocycles. The molecule has 0 spiro atoms. The van der Waals surface area contributed by atoms with Crippen LogP contribution >= 0.6 is 0 Å². The first-order chi connectivity index (χ1) is 11.1. The summed E-state index contributed by atoms with van der Waals surface area (Å²) < 4.78 is -0.512. The summed E-state index contributed by atoms with van der Waals surface area (Å²) >= 11 is 4.90. The van der Waals surface area contributed by atoms with E-state index in [-0.39, 0.29) is 5.91 Å². The minimum absolute atomic E-state index is 0.363. The maximum atomic E-state index is 12.2.